The number of nitrogens with one attached hydrogen (secondary N) is 1. The summed E-state index contributed by atoms with van der Waals surface area (Å²) in [6, 6.07) is 11.4. The molecule has 0 aliphatic carbocycles. The van der Waals surface area contributed by atoms with Crippen molar-refractivity contribution in [3.05, 3.63) is 48.2 Å². The van der Waals surface area contributed by atoms with Crippen LogP contribution in [0.4, 0.5) is 5.69 Å². The fraction of sp³-hybridized carbons (Fsp3) is 0.350. The van der Waals surface area contributed by atoms with Gasteiger partial charge in [-0.3, -0.25) is 9.59 Å². The van der Waals surface area contributed by atoms with E-state index in [2.05, 4.69) is 17.2 Å². The highest BCUT2D eigenvalue weighted by molar-refractivity contribution is 7.99. The normalized spacial score (nSPS) is 13.0. The molecule has 1 aliphatic rings. The minimum Gasteiger partial charge on any atom is -0.356 e. The molecular formula is C20H23N3O2S. The quantitative estimate of drug-likeness (QED) is 0.752. The largest absolute Gasteiger partial charge is 0.356 e. The molecule has 1 aliphatic heterocycles. The van der Waals surface area contributed by atoms with E-state index in [1.54, 1.807) is 11.1 Å². The maximum Gasteiger partial charge on any atom is 0.259 e. The van der Waals surface area contributed by atoms with Crippen molar-refractivity contribution < 1.29 is 9.59 Å². The van der Waals surface area contributed by atoms with Gasteiger partial charge < -0.3 is 10.2 Å². The zero-order valence-corrected chi connectivity index (χ0v) is 15.7. The molecule has 1 aromatic carbocycles. The van der Waals surface area contributed by atoms with Crippen LogP contribution in [0, 0.1) is 0 Å². The summed E-state index contributed by atoms with van der Waals surface area (Å²) in [5.74, 6) is 0.00754. The molecule has 6 heteroatoms. The molecule has 2 aromatic rings. The first-order valence-electron chi connectivity index (χ1n) is 9.01. The Morgan fingerprint density at radius 3 is 2.88 bits per heavy atom. The average molecular weight is 369 g/mol. The number of benzene rings is 1. The maximum absolute atomic E-state index is 13.1. The predicted octanol–water partition coefficient (Wildman–Crippen LogP) is 3.89. The second kappa shape index (κ2) is 8.85. The van der Waals surface area contributed by atoms with E-state index in [1.807, 2.05) is 36.4 Å². The number of amides is 2. The topological polar surface area (TPSA) is 62.3 Å². The van der Waals surface area contributed by atoms with E-state index in [9.17, 15) is 9.59 Å². The van der Waals surface area contributed by atoms with Crippen LogP contribution >= 0.6 is 11.8 Å². The number of nitrogens with zero attached hydrogens (tertiary/aromatic N) is 2. The number of carbonyl (C=O) groups is 2. The van der Waals surface area contributed by atoms with Gasteiger partial charge in [0, 0.05) is 30.6 Å². The number of hydrogen-bond donors (Lipinski definition) is 1. The zero-order valence-electron chi connectivity index (χ0n) is 14.9. The average Bonchev–Trinajstić information content (AvgIpc) is 2.77. The first-order chi connectivity index (χ1) is 12.7. The summed E-state index contributed by atoms with van der Waals surface area (Å²) in [6.45, 7) is 3.31. The first kappa shape index (κ1) is 18.5. The van der Waals surface area contributed by atoms with Gasteiger partial charge in [-0.05, 0) is 37.1 Å². The number of aromatic nitrogens is 1. The molecule has 5 nitrogen and oxygen atoms in total. The number of pyridine rings is 1. The van der Waals surface area contributed by atoms with Gasteiger partial charge in [-0.2, -0.15) is 0 Å². The molecule has 0 saturated carbocycles. The molecule has 3 rings (SSSR count). The molecule has 26 heavy (non-hydrogen) atoms. The summed E-state index contributed by atoms with van der Waals surface area (Å²) in [6.07, 6.45) is 4.82. The van der Waals surface area contributed by atoms with Crippen molar-refractivity contribution in [1.82, 2.24) is 10.3 Å². The number of carbonyl (C=O) groups excluding carboxylic acids is 2. The van der Waals surface area contributed by atoms with E-state index in [1.165, 1.54) is 11.8 Å². The smallest absolute Gasteiger partial charge is 0.259 e. The Hall–Kier alpha value is -2.34. The van der Waals surface area contributed by atoms with E-state index in [-0.39, 0.29) is 11.8 Å². The molecular weight excluding hydrogens is 346 g/mol. The van der Waals surface area contributed by atoms with Crippen LogP contribution < -0.4 is 10.2 Å². The van der Waals surface area contributed by atoms with Gasteiger partial charge in [0.25, 0.3) is 5.91 Å². The van der Waals surface area contributed by atoms with E-state index in [0.29, 0.717) is 24.9 Å². The lowest BCUT2D eigenvalue weighted by Crippen LogP contribution is -2.33. The highest BCUT2D eigenvalue weighted by Crippen LogP contribution is 2.39. The molecule has 0 saturated heterocycles. The molecule has 136 valence electrons. The number of anilines is 1. The van der Waals surface area contributed by atoms with E-state index >= 15 is 0 Å². The second-order valence-corrected chi connectivity index (χ2v) is 7.22. The van der Waals surface area contributed by atoms with Gasteiger partial charge in [-0.1, -0.05) is 37.2 Å². The Morgan fingerprint density at radius 1 is 1.19 bits per heavy atom. The molecule has 0 bridgehead atoms. The van der Waals surface area contributed by atoms with Crippen molar-refractivity contribution in [1.29, 1.82) is 0 Å². The lowest BCUT2D eigenvalue weighted by Gasteiger charge is -2.22. The van der Waals surface area contributed by atoms with Gasteiger partial charge in [0.05, 0.1) is 11.3 Å². The summed E-state index contributed by atoms with van der Waals surface area (Å²) < 4.78 is 0. The van der Waals surface area contributed by atoms with Crippen molar-refractivity contribution in [3.63, 3.8) is 0 Å². The van der Waals surface area contributed by atoms with Gasteiger partial charge in [0.15, 0.2) is 0 Å². The molecule has 2 heterocycles. The Bertz CT molecular complexity index is 794. The third-order valence-corrected chi connectivity index (χ3v) is 5.33. The van der Waals surface area contributed by atoms with Crippen LogP contribution in [0.2, 0.25) is 0 Å². The fourth-order valence-electron chi connectivity index (χ4n) is 2.87. The second-order valence-electron chi connectivity index (χ2n) is 6.19. The molecule has 1 aromatic heterocycles. The summed E-state index contributed by atoms with van der Waals surface area (Å²) in [4.78, 5) is 32.1. The zero-order chi connectivity index (χ0) is 18.4. The lowest BCUT2D eigenvalue weighted by atomic mass is 10.1. The van der Waals surface area contributed by atoms with Gasteiger partial charge in [-0.15, -0.1) is 0 Å². The third kappa shape index (κ3) is 4.25. The molecule has 0 fully saturated rings. The SMILES string of the molecule is CCCCNC(=O)CCCN1C(=O)c2ccccc2Sc2ncccc21. The van der Waals surface area contributed by atoms with E-state index in [0.717, 1.165) is 35.0 Å². The van der Waals surface area contributed by atoms with Gasteiger partial charge in [-0.25, -0.2) is 4.98 Å². The molecule has 0 radical (unpaired) electrons. The lowest BCUT2D eigenvalue weighted by molar-refractivity contribution is -0.121. The summed E-state index contributed by atoms with van der Waals surface area (Å²) in [5.41, 5.74) is 1.49. The van der Waals surface area contributed by atoms with Crippen LogP contribution in [0.5, 0.6) is 0 Å². The Kier molecular flexibility index (Phi) is 6.28. The highest BCUT2D eigenvalue weighted by atomic mass is 32.2. The van der Waals surface area contributed by atoms with Crippen LogP contribution in [0.15, 0.2) is 52.5 Å². The standard InChI is InChI=1S/C20H23N3O2S/c1-2-3-12-21-18(24)11-7-14-23-16-9-6-13-22-19(16)26-17-10-5-4-8-15(17)20(23)25/h4-6,8-10,13H,2-3,7,11-12,14H2,1H3,(H,21,24). The fourth-order valence-corrected chi connectivity index (χ4v) is 3.89. The number of fused-ring (bicyclic) bond motifs is 2. The van der Waals surface area contributed by atoms with Crippen molar-refractivity contribution in [2.45, 2.75) is 42.5 Å². The van der Waals surface area contributed by atoms with E-state index < -0.39 is 0 Å². The summed E-state index contributed by atoms with van der Waals surface area (Å²) in [5, 5.41) is 3.74. The van der Waals surface area contributed by atoms with Crippen LogP contribution in [-0.2, 0) is 4.79 Å². The molecule has 0 unspecified atom stereocenters. The van der Waals surface area contributed by atoms with Gasteiger partial charge in [0.1, 0.15) is 5.03 Å². The predicted molar refractivity (Wildman–Crippen MR) is 104 cm³/mol. The van der Waals surface area contributed by atoms with Crippen LogP contribution in [0.25, 0.3) is 0 Å². The highest BCUT2D eigenvalue weighted by Gasteiger charge is 2.27. The molecule has 0 spiro atoms. The Labute approximate surface area is 158 Å². The maximum atomic E-state index is 13.1. The van der Waals surface area contributed by atoms with Crippen LogP contribution in [-0.4, -0.2) is 29.9 Å². The van der Waals surface area contributed by atoms with E-state index in [4.69, 9.17) is 0 Å². The van der Waals surface area contributed by atoms with Gasteiger partial charge >= 0.3 is 0 Å². The Balaban J connectivity index is 1.73. The minimum absolute atomic E-state index is 0.0359. The minimum atomic E-state index is -0.0359. The first-order valence-corrected chi connectivity index (χ1v) is 9.83. The number of unbranched alkanes of at least 4 members (excludes halogenated alkanes) is 1. The Morgan fingerprint density at radius 2 is 2.04 bits per heavy atom. The van der Waals surface area contributed by atoms with Crippen molar-refractivity contribution in [2.24, 2.45) is 0 Å². The summed E-state index contributed by atoms with van der Waals surface area (Å²) >= 11 is 1.51. The van der Waals surface area contributed by atoms with Crippen LogP contribution in [0.3, 0.4) is 0 Å². The van der Waals surface area contributed by atoms with Crippen molar-refractivity contribution in [2.75, 3.05) is 18.0 Å². The van der Waals surface area contributed by atoms with Crippen molar-refractivity contribution in [3.8, 4) is 0 Å². The molecule has 2 amide bonds. The van der Waals surface area contributed by atoms with Gasteiger partial charge in [0.2, 0.25) is 5.91 Å². The number of rotatable bonds is 7. The number of hydrogen-bond acceptors (Lipinski definition) is 4. The van der Waals surface area contributed by atoms with Crippen LogP contribution in [0.1, 0.15) is 43.0 Å². The molecule has 0 atom stereocenters. The third-order valence-electron chi connectivity index (χ3n) is 4.25. The molecule has 1 N–H and O–H groups in total. The van der Waals surface area contributed by atoms with Crippen molar-refractivity contribution >= 4 is 29.3 Å². The summed E-state index contributed by atoms with van der Waals surface area (Å²) in [7, 11) is 0. The monoisotopic (exact) mass is 369 g/mol.